The van der Waals surface area contributed by atoms with Gasteiger partial charge in [-0.25, -0.2) is 13.8 Å². The fourth-order valence-electron chi connectivity index (χ4n) is 4.40. The number of hydrogen-bond donors (Lipinski definition) is 0. The third-order valence-electron chi connectivity index (χ3n) is 6.09. The van der Waals surface area contributed by atoms with E-state index in [1.165, 1.54) is 16.7 Å². The molecule has 33 heavy (non-hydrogen) atoms. The van der Waals surface area contributed by atoms with Gasteiger partial charge >= 0.3 is 5.69 Å². The minimum Gasteiger partial charge on any atom is -0.497 e. The Labute approximate surface area is 188 Å². The Hall–Kier alpha value is -4.13. The lowest BCUT2D eigenvalue weighted by Gasteiger charge is -2.15. The predicted molar refractivity (Wildman–Crippen MR) is 127 cm³/mol. The highest BCUT2D eigenvalue weighted by atomic mass is 19.1. The number of nitrogens with zero attached hydrogens (tertiary/aromatic N) is 3. The van der Waals surface area contributed by atoms with Crippen LogP contribution in [0.1, 0.15) is 11.1 Å². The first kappa shape index (κ1) is 20.8. The topological polar surface area (TPSA) is 58.2 Å². The predicted octanol–water partition coefficient (Wildman–Crippen LogP) is 4.15. The molecule has 166 valence electrons. The maximum atomic E-state index is 13.8. The van der Waals surface area contributed by atoms with Gasteiger partial charge in [0.2, 0.25) is 0 Å². The van der Waals surface area contributed by atoms with Gasteiger partial charge in [0.25, 0.3) is 5.56 Å². The maximum Gasteiger partial charge on any atom is 0.336 e. The normalized spacial score (nSPS) is 11.4. The van der Waals surface area contributed by atoms with Gasteiger partial charge in [0.05, 0.1) is 30.4 Å². The zero-order valence-electron chi connectivity index (χ0n) is 18.5. The number of fused-ring (bicyclic) bond motifs is 3. The summed E-state index contributed by atoms with van der Waals surface area (Å²) in [7, 11) is 3.39. The van der Waals surface area contributed by atoms with Crippen molar-refractivity contribution in [1.29, 1.82) is 0 Å². The van der Waals surface area contributed by atoms with Gasteiger partial charge in [0.1, 0.15) is 17.1 Å². The summed E-state index contributed by atoms with van der Waals surface area (Å²) in [6.45, 7) is 2.04. The lowest BCUT2D eigenvalue weighted by atomic mass is 10.2. The van der Waals surface area contributed by atoms with Crippen molar-refractivity contribution in [3.63, 3.8) is 0 Å². The number of hydrogen-bond acceptors (Lipinski definition) is 3. The number of aryl methyl sites for hydroxylation is 2. The quantitative estimate of drug-likeness (QED) is 0.419. The van der Waals surface area contributed by atoms with Crippen molar-refractivity contribution in [2.45, 2.75) is 13.5 Å². The Morgan fingerprint density at radius 2 is 1.67 bits per heavy atom. The van der Waals surface area contributed by atoms with E-state index in [2.05, 4.69) is 0 Å². The summed E-state index contributed by atoms with van der Waals surface area (Å²) in [4.78, 5) is 27.6. The van der Waals surface area contributed by atoms with Gasteiger partial charge in [-0.15, -0.1) is 0 Å². The van der Waals surface area contributed by atoms with Gasteiger partial charge in [-0.3, -0.25) is 9.36 Å². The van der Waals surface area contributed by atoms with Crippen LogP contribution in [0.4, 0.5) is 4.39 Å². The molecule has 3 aromatic carbocycles. The average molecular weight is 443 g/mol. The van der Waals surface area contributed by atoms with Gasteiger partial charge in [0.15, 0.2) is 0 Å². The van der Waals surface area contributed by atoms with Crippen molar-refractivity contribution in [2.75, 3.05) is 7.11 Å². The largest absolute Gasteiger partial charge is 0.497 e. The summed E-state index contributed by atoms with van der Waals surface area (Å²) < 4.78 is 23.5. The number of benzene rings is 3. The van der Waals surface area contributed by atoms with Crippen molar-refractivity contribution >= 4 is 21.9 Å². The molecule has 0 radical (unpaired) electrons. The standard InChI is InChI=1S/C26H22FN3O3/c1-16-6-4-5-7-21(16)30-25(31)24-23(20-14-19(33-3)12-13-22(20)28(24)2)29(26(30)32)15-17-8-10-18(27)11-9-17/h4-14H,15H2,1-3H3. The molecule has 0 bridgehead atoms. The molecular formula is C26H22FN3O3. The van der Waals surface area contributed by atoms with Gasteiger partial charge in [0, 0.05) is 12.4 Å². The Morgan fingerprint density at radius 1 is 0.939 bits per heavy atom. The highest BCUT2D eigenvalue weighted by Crippen LogP contribution is 2.29. The van der Waals surface area contributed by atoms with Crippen LogP contribution in [-0.4, -0.2) is 20.8 Å². The molecule has 6 nitrogen and oxygen atoms in total. The van der Waals surface area contributed by atoms with Crippen LogP contribution in [0.2, 0.25) is 0 Å². The zero-order valence-corrected chi connectivity index (χ0v) is 18.5. The van der Waals surface area contributed by atoms with E-state index in [0.29, 0.717) is 22.5 Å². The summed E-state index contributed by atoms with van der Waals surface area (Å²) in [5.41, 5.74) is 2.97. The zero-order chi connectivity index (χ0) is 23.3. The molecule has 0 saturated heterocycles. The molecular weight excluding hydrogens is 421 g/mol. The first-order valence-electron chi connectivity index (χ1n) is 10.5. The molecule has 5 aromatic rings. The summed E-state index contributed by atoms with van der Waals surface area (Å²) in [5.74, 6) is 0.273. The van der Waals surface area contributed by atoms with E-state index < -0.39 is 11.2 Å². The van der Waals surface area contributed by atoms with Crippen molar-refractivity contribution in [3.05, 3.63) is 105 Å². The third-order valence-corrected chi connectivity index (χ3v) is 6.09. The van der Waals surface area contributed by atoms with Gasteiger partial charge in [-0.05, 0) is 54.4 Å². The SMILES string of the molecule is COc1ccc2c(c1)c1c(c(=O)n(-c3ccccc3C)c(=O)n1Cc1ccc(F)cc1)n2C. The number of aromatic nitrogens is 3. The van der Waals surface area contributed by atoms with E-state index in [-0.39, 0.29) is 12.4 Å². The Bertz CT molecular complexity index is 1640. The van der Waals surface area contributed by atoms with Gasteiger partial charge < -0.3 is 9.30 Å². The summed E-state index contributed by atoms with van der Waals surface area (Å²) in [6, 6.07) is 18.8. The second kappa shape index (κ2) is 7.78. The molecule has 0 aliphatic carbocycles. The molecule has 0 aliphatic heterocycles. The summed E-state index contributed by atoms with van der Waals surface area (Å²) in [5, 5.41) is 0.736. The molecule has 0 spiro atoms. The van der Waals surface area contributed by atoms with Crippen LogP contribution < -0.4 is 16.0 Å². The second-order valence-corrected chi connectivity index (χ2v) is 8.06. The molecule has 0 fully saturated rings. The van der Waals surface area contributed by atoms with Crippen LogP contribution in [0.25, 0.3) is 27.6 Å². The van der Waals surface area contributed by atoms with E-state index in [1.807, 2.05) is 48.9 Å². The minimum atomic E-state index is -0.457. The van der Waals surface area contributed by atoms with E-state index in [1.54, 1.807) is 35.9 Å². The summed E-state index contributed by atoms with van der Waals surface area (Å²) in [6.07, 6.45) is 0. The van der Waals surface area contributed by atoms with E-state index in [4.69, 9.17) is 4.74 Å². The maximum absolute atomic E-state index is 13.8. The van der Waals surface area contributed by atoms with Crippen LogP contribution in [0.3, 0.4) is 0 Å². The fraction of sp³-hybridized carbons (Fsp3) is 0.154. The fourth-order valence-corrected chi connectivity index (χ4v) is 4.40. The average Bonchev–Trinajstić information content (AvgIpc) is 3.11. The Morgan fingerprint density at radius 3 is 2.36 bits per heavy atom. The highest BCUT2D eigenvalue weighted by molar-refractivity contribution is 6.06. The van der Waals surface area contributed by atoms with E-state index in [0.717, 1.165) is 22.0 Å². The smallest absolute Gasteiger partial charge is 0.336 e. The van der Waals surface area contributed by atoms with Crippen molar-refractivity contribution in [3.8, 4) is 11.4 Å². The molecule has 2 heterocycles. The molecule has 0 amide bonds. The molecule has 2 aromatic heterocycles. The molecule has 5 rings (SSSR count). The van der Waals surface area contributed by atoms with E-state index >= 15 is 0 Å². The lowest BCUT2D eigenvalue weighted by molar-refractivity contribution is 0.415. The highest BCUT2D eigenvalue weighted by Gasteiger charge is 2.22. The molecule has 0 saturated carbocycles. The Balaban J connectivity index is 1.95. The van der Waals surface area contributed by atoms with Crippen LogP contribution in [0.5, 0.6) is 5.75 Å². The van der Waals surface area contributed by atoms with Gasteiger partial charge in [-0.1, -0.05) is 30.3 Å². The third kappa shape index (κ3) is 3.24. The molecule has 0 aliphatic rings. The summed E-state index contributed by atoms with van der Waals surface area (Å²) >= 11 is 0. The monoisotopic (exact) mass is 443 g/mol. The first-order valence-corrected chi connectivity index (χ1v) is 10.5. The number of para-hydroxylation sites is 1. The number of halogens is 1. The van der Waals surface area contributed by atoms with Crippen LogP contribution in [-0.2, 0) is 13.6 Å². The van der Waals surface area contributed by atoms with Gasteiger partial charge in [-0.2, -0.15) is 0 Å². The molecule has 0 unspecified atom stereocenters. The second-order valence-electron chi connectivity index (χ2n) is 8.06. The lowest BCUT2D eigenvalue weighted by Crippen LogP contribution is -2.39. The van der Waals surface area contributed by atoms with Crippen LogP contribution >= 0.6 is 0 Å². The first-order chi connectivity index (χ1) is 15.9. The Kier molecular flexibility index (Phi) is 4.89. The van der Waals surface area contributed by atoms with Crippen LogP contribution in [0.15, 0.2) is 76.3 Å². The molecule has 0 N–H and O–H groups in total. The van der Waals surface area contributed by atoms with Crippen molar-refractivity contribution in [1.82, 2.24) is 13.7 Å². The van der Waals surface area contributed by atoms with E-state index in [9.17, 15) is 14.0 Å². The number of methoxy groups -OCH3 is 1. The molecule has 7 heteroatoms. The number of ether oxygens (including phenoxy) is 1. The number of rotatable bonds is 4. The van der Waals surface area contributed by atoms with Crippen molar-refractivity contribution in [2.24, 2.45) is 7.05 Å². The molecule has 0 atom stereocenters. The van der Waals surface area contributed by atoms with Crippen molar-refractivity contribution < 1.29 is 9.13 Å². The van der Waals surface area contributed by atoms with Crippen LogP contribution in [0, 0.1) is 12.7 Å². The minimum absolute atomic E-state index is 0.179.